The third-order valence-corrected chi connectivity index (χ3v) is 6.66. The maximum atomic E-state index is 13.8. The summed E-state index contributed by atoms with van der Waals surface area (Å²) in [5.74, 6) is 1.25. The van der Waals surface area contributed by atoms with Gasteiger partial charge in [-0.1, -0.05) is 37.1 Å². The number of anilines is 1. The average Bonchev–Trinajstić information content (AvgIpc) is 3.21. The van der Waals surface area contributed by atoms with Gasteiger partial charge >= 0.3 is 0 Å². The Balaban J connectivity index is 1.72. The number of hydrogen-bond donors (Lipinski definition) is 0. The fraction of sp³-hybridized carbons (Fsp3) is 0.241. The predicted molar refractivity (Wildman–Crippen MR) is 143 cm³/mol. The Kier molecular flexibility index (Phi) is 6.80. The first-order valence-corrected chi connectivity index (χ1v) is 12.4. The van der Waals surface area contributed by atoms with E-state index in [9.17, 15) is 9.59 Å². The first kappa shape index (κ1) is 24.7. The molecular weight excluding hydrogens is 494 g/mol. The maximum absolute atomic E-state index is 13.8. The van der Waals surface area contributed by atoms with Gasteiger partial charge in [0, 0.05) is 16.8 Å². The van der Waals surface area contributed by atoms with Gasteiger partial charge in [-0.2, -0.15) is 0 Å². The van der Waals surface area contributed by atoms with Crippen molar-refractivity contribution in [2.24, 2.45) is 0 Å². The highest BCUT2D eigenvalue weighted by molar-refractivity contribution is 6.31. The molecule has 7 nitrogen and oxygen atoms in total. The lowest BCUT2D eigenvalue weighted by molar-refractivity contribution is 0.0971. The minimum atomic E-state index is -0.771. The van der Waals surface area contributed by atoms with Crippen LogP contribution in [0.3, 0.4) is 0 Å². The fourth-order valence-corrected chi connectivity index (χ4v) is 4.76. The lowest BCUT2D eigenvalue weighted by Crippen LogP contribution is -2.29. The Hall–Kier alpha value is -3.97. The largest absolute Gasteiger partial charge is 0.497 e. The number of amides is 1. The van der Waals surface area contributed by atoms with E-state index in [1.807, 2.05) is 6.07 Å². The monoisotopic (exact) mass is 519 g/mol. The third-order valence-electron chi connectivity index (χ3n) is 6.42. The summed E-state index contributed by atoms with van der Waals surface area (Å²) in [5, 5.41) is 0.712. The van der Waals surface area contributed by atoms with Crippen molar-refractivity contribution in [3.63, 3.8) is 0 Å². The number of fused-ring (bicyclic) bond motifs is 2. The smallest absolute Gasteiger partial charge is 0.295 e. The van der Waals surface area contributed by atoms with Crippen molar-refractivity contribution in [1.29, 1.82) is 0 Å². The molecule has 1 aromatic heterocycles. The van der Waals surface area contributed by atoms with Crippen molar-refractivity contribution >= 4 is 34.2 Å². The lowest BCUT2D eigenvalue weighted by atomic mass is 9.97. The third kappa shape index (κ3) is 4.40. The maximum Gasteiger partial charge on any atom is 0.295 e. The Bertz CT molecular complexity index is 1550. The fourth-order valence-electron chi connectivity index (χ4n) is 4.59. The normalized spacial score (nSPS) is 14.6. The van der Waals surface area contributed by atoms with Crippen LogP contribution in [0.5, 0.6) is 17.2 Å². The minimum absolute atomic E-state index is 0.00474. The molecule has 1 unspecified atom stereocenters. The molecule has 0 saturated heterocycles. The van der Waals surface area contributed by atoms with Gasteiger partial charge in [-0.15, -0.1) is 0 Å². The number of carbonyl (C=O) groups excluding carboxylic acids is 1. The van der Waals surface area contributed by atoms with E-state index in [-0.39, 0.29) is 16.8 Å². The van der Waals surface area contributed by atoms with Crippen LogP contribution in [0.15, 0.2) is 69.9 Å². The van der Waals surface area contributed by atoms with E-state index >= 15 is 0 Å². The van der Waals surface area contributed by atoms with Crippen LogP contribution in [0.25, 0.3) is 11.0 Å². The van der Waals surface area contributed by atoms with Crippen LogP contribution in [0.2, 0.25) is 5.02 Å². The zero-order valence-corrected chi connectivity index (χ0v) is 21.5. The molecule has 0 radical (unpaired) electrons. The number of unbranched alkanes of at least 4 members (excludes halogenated alkanes) is 1. The van der Waals surface area contributed by atoms with Crippen molar-refractivity contribution in [1.82, 2.24) is 0 Å². The Morgan fingerprint density at radius 3 is 2.57 bits per heavy atom. The van der Waals surface area contributed by atoms with Crippen LogP contribution >= 0.6 is 11.6 Å². The van der Waals surface area contributed by atoms with Crippen LogP contribution in [0.1, 0.15) is 47.5 Å². The average molecular weight is 520 g/mol. The first-order chi connectivity index (χ1) is 18.0. The van der Waals surface area contributed by atoms with Gasteiger partial charge in [-0.3, -0.25) is 14.5 Å². The van der Waals surface area contributed by atoms with E-state index in [0.29, 0.717) is 51.1 Å². The van der Waals surface area contributed by atoms with E-state index in [2.05, 4.69) is 6.92 Å². The molecule has 190 valence electrons. The molecule has 4 aromatic rings. The van der Waals surface area contributed by atoms with Gasteiger partial charge < -0.3 is 18.6 Å². The van der Waals surface area contributed by atoms with Crippen molar-refractivity contribution in [2.45, 2.75) is 25.8 Å². The minimum Gasteiger partial charge on any atom is -0.497 e. The molecule has 8 heteroatoms. The SMILES string of the molecule is CCCCOc1ccc(C2c3c(oc4ccc(Cl)cc4c3=O)C(=O)N2c2cccc(OC)c2)cc1OC. The van der Waals surface area contributed by atoms with Crippen molar-refractivity contribution in [3.05, 3.63) is 92.8 Å². The van der Waals surface area contributed by atoms with Gasteiger partial charge in [-0.25, -0.2) is 0 Å². The number of nitrogens with zero attached hydrogens (tertiary/aromatic N) is 1. The summed E-state index contributed by atoms with van der Waals surface area (Å²) in [5.41, 5.74) is 1.45. The molecule has 5 rings (SSSR count). The number of benzene rings is 3. The van der Waals surface area contributed by atoms with Crippen LogP contribution in [-0.4, -0.2) is 26.7 Å². The number of halogens is 1. The van der Waals surface area contributed by atoms with E-state index in [1.54, 1.807) is 73.7 Å². The second-order valence-corrected chi connectivity index (χ2v) is 9.14. The second kappa shape index (κ2) is 10.2. The summed E-state index contributed by atoms with van der Waals surface area (Å²) in [4.78, 5) is 29.2. The van der Waals surface area contributed by atoms with Gasteiger partial charge in [0.1, 0.15) is 11.3 Å². The molecule has 1 atom stereocenters. The summed E-state index contributed by atoms with van der Waals surface area (Å²) in [6, 6.07) is 16.6. The Morgan fingerprint density at radius 1 is 0.973 bits per heavy atom. The molecular formula is C29H26ClNO6. The molecule has 0 aliphatic carbocycles. The summed E-state index contributed by atoms with van der Waals surface area (Å²) in [6.45, 7) is 2.65. The van der Waals surface area contributed by atoms with Gasteiger partial charge in [0.25, 0.3) is 5.91 Å². The van der Waals surface area contributed by atoms with Crippen molar-refractivity contribution in [2.75, 3.05) is 25.7 Å². The molecule has 1 aliphatic heterocycles. The standard InChI is InChI=1S/C29H26ClNO6/c1-4-5-13-36-23-11-9-17(14-24(23)35-3)26-25-27(32)21-15-18(30)10-12-22(21)37-28(25)29(33)31(26)19-7-6-8-20(16-19)34-2/h6-12,14-16,26H,4-5,13H2,1-3H3. The van der Waals surface area contributed by atoms with Gasteiger partial charge in [0.05, 0.1) is 37.8 Å². The lowest BCUT2D eigenvalue weighted by Gasteiger charge is -2.26. The van der Waals surface area contributed by atoms with Crippen LogP contribution in [0.4, 0.5) is 5.69 Å². The number of methoxy groups -OCH3 is 2. The molecule has 2 heterocycles. The van der Waals surface area contributed by atoms with Gasteiger partial charge in [0.2, 0.25) is 5.76 Å². The zero-order valence-electron chi connectivity index (χ0n) is 20.7. The highest BCUT2D eigenvalue weighted by Gasteiger charge is 2.44. The molecule has 0 spiro atoms. The van der Waals surface area contributed by atoms with E-state index in [1.165, 1.54) is 0 Å². The van der Waals surface area contributed by atoms with Gasteiger partial charge in [0.15, 0.2) is 16.9 Å². The van der Waals surface area contributed by atoms with E-state index < -0.39 is 11.9 Å². The summed E-state index contributed by atoms with van der Waals surface area (Å²) in [7, 11) is 3.12. The molecule has 0 saturated carbocycles. The van der Waals surface area contributed by atoms with Crippen LogP contribution in [0, 0.1) is 0 Å². The highest BCUT2D eigenvalue weighted by atomic mass is 35.5. The molecule has 0 bridgehead atoms. The summed E-state index contributed by atoms with van der Waals surface area (Å²) < 4.78 is 22.9. The molecule has 37 heavy (non-hydrogen) atoms. The molecule has 1 aliphatic rings. The van der Waals surface area contributed by atoms with E-state index in [0.717, 1.165) is 12.8 Å². The highest BCUT2D eigenvalue weighted by Crippen LogP contribution is 2.44. The van der Waals surface area contributed by atoms with Crippen LogP contribution in [-0.2, 0) is 0 Å². The second-order valence-electron chi connectivity index (χ2n) is 8.71. The quantitative estimate of drug-likeness (QED) is 0.251. The summed E-state index contributed by atoms with van der Waals surface area (Å²) >= 11 is 6.19. The number of ether oxygens (including phenoxy) is 3. The number of carbonyl (C=O) groups is 1. The molecule has 0 fully saturated rings. The zero-order chi connectivity index (χ0) is 26.1. The Labute approximate surface area is 219 Å². The van der Waals surface area contributed by atoms with Crippen molar-refractivity contribution < 1.29 is 23.4 Å². The molecule has 1 amide bonds. The van der Waals surface area contributed by atoms with Gasteiger partial charge in [-0.05, 0) is 54.4 Å². The molecule has 3 aromatic carbocycles. The Morgan fingerprint density at radius 2 is 1.81 bits per heavy atom. The summed E-state index contributed by atoms with van der Waals surface area (Å²) in [6.07, 6.45) is 1.92. The number of rotatable bonds is 8. The van der Waals surface area contributed by atoms with E-state index in [4.69, 9.17) is 30.2 Å². The van der Waals surface area contributed by atoms with Crippen molar-refractivity contribution in [3.8, 4) is 17.2 Å². The first-order valence-electron chi connectivity index (χ1n) is 12.0. The topological polar surface area (TPSA) is 78.2 Å². The predicted octanol–water partition coefficient (Wildman–Crippen LogP) is 6.39. The van der Waals surface area contributed by atoms with Crippen LogP contribution < -0.4 is 24.5 Å². The number of hydrogen-bond acceptors (Lipinski definition) is 6. The molecule has 0 N–H and O–H groups in total.